The van der Waals surface area contributed by atoms with Crippen LogP contribution in [0.5, 0.6) is 17.2 Å². The number of nitrogens with zero attached hydrogens (tertiary/aromatic N) is 2. The van der Waals surface area contributed by atoms with E-state index in [4.69, 9.17) is 18.9 Å². The summed E-state index contributed by atoms with van der Waals surface area (Å²) in [6.45, 7) is 1.22. The van der Waals surface area contributed by atoms with Crippen molar-refractivity contribution in [3.8, 4) is 17.2 Å². The molecule has 12 heteroatoms. The molecule has 0 bridgehead atoms. The summed E-state index contributed by atoms with van der Waals surface area (Å²) in [5.41, 5.74) is 2.47. The number of methoxy groups -OCH3 is 2. The highest BCUT2D eigenvalue weighted by atomic mass is 32.2. The van der Waals surface area contributed by atoms with Crippen molar-refractivity contribution in [1.29, 1.82) is 0 Å². The number of hydrogen-bond acceptors (Lipinski definition) is 8. The van der Waals surface area contributed by atoms with Gasteiger partial charge in [0.15, 0.2) is 6.61 Å². The molecule has 2 amide bonds. The van der Waals surface area contributed by atoms with Crippen molar-refractivity contribution >= 4 is 21.8 Å². The molecule has 0 aromatic heterocycles. The predicted octanol–water partition coefficient (Wildman–Crippen LogP) is 4.06. The quantitative estimate of drug-likeness (QED) is 0.199. The van der Waals surface area contributed by atoms with Gasteiger partial charge >= 0.3 is 0 Å². The second-order valence-electron chi connectivity index (χ2n) is 11.4. The van der Waals surface area contributed by atoms with E-state index in [9.17, 15) is 18.0 Å². The molecular weight excluding hydrogens is 646 g/mol. The summed E-state index contributed by atoms with van der Waals surface area (Å²) in [5, 5.41) is 3.01. The molecule has 49 heavy (non-hydrogen) atoms. The minimum Gasteiger partial charge on any atom is -0.497 e. The van der Waals surface area contributed by atoms with Gasteiger partial charge in [0.25, 0.3) is 5.91 Å². The third-order valence-electron chi connectivity index (χ3n) is 8.22. The van der Waals surface area contributed by atoms with Gasteiger partial charge in [-0.25, -0.2) is 8.42 Å². The lowest BCUT2D eigenvalue weighted by Gasteiger charge is -2.31. The van der Waals surface area contributed by atoms with Crippen LogP contribution in [-0.4, -0.2) is 82.6 Å². The van der Waals surface area contributed by atoms with Gasteiger partial charge in [-0.1, -0.05) is 60.7 Å². The molecule has 11 nitrogen and oxygen atoms in total. The summed E-state index contributed by atoms with van der Waals surface area (Å²) in [5.74, 6) is 0.868. The Hall–Kier alpha value is -4.91. The number of para-hydroxylation sites is 1. The SMILES string of the molecule is COc1ccc(CN(C(=O)COc2ccc(S(=O)(=O)N3CCOCC3)cc2)[C@@H](Cc2ccccc2)C(=O)NCc2ccccc2OC)cc1. The Bertz CT molecular complexity index is 1780. The third-order valence-corrected chi connectivity index (χ3v) is 10.1. The highest BCUT2D eigenvalue weighted by molar-refractivity contribution is 7.89. The summed E-state index contributed by atoms with van der Waals surface area (Å²) >= 11 is 0. The van der Waals surface area contributed by atoms with Crippen LogP contribution in [-0.2, 0) is 43.9 Å². The first kappa shape index (κ1) is 35.4. The fraction of sp³-hybridized carbons (Fsp3) is 0.297. The van der Waals surface area contributed by atoms with Crippen molar-refractivity contribution in [3.63, 3.8) is 0 Å². The van der Waals surface area contributed by atoms with Crippen LogP contribution in [0.1, 0.15) is 16.7 Å². The highest BCUT2D eigenvalue weighted by Gasteiger charge is 2.31. The van der Waals surface area contributed by atoms with Crippen LogP contribution >= 0.6 is 0 Å². The van der Waals surface area contributed by atoms with E-state index in [1.54, 1.807) is 26.4 Å². The molecule has 1 fully saturated rings. The molecular formula is C37H41N3O8S. The minimum atomic E-state index is -3.68. The zero-order valence-electron chi connectivity index (χ0n) is 27.6. The summed E-state index contributed by atoms with van der Waals surface area (Å²) in [6.07, 6.45) is 0.259. The number of benzene rings is 4. The first-order valence-electron chi connectivity index (χ1n) is 15.9. The highest BCUT2D eigenvalue weighted by Crippen LogP contribution is 2.23. The fourth-order valence-corrected chi connectivity index (χ4v) is 6.91. The third kappa shape index (κ3) is 9.38. The Morgan fingerprint density at radius 2 is 1.47 bits per heavy atom. The molecule has 4 aromatic rings. The lowest BCUT2D eigenvalue weighted by molar-refractivity contribution is -0.142. The molecule has 5 rings (SSSR count). The number of morpholine rings is 1. The topological polar surface area (TPSA) is 124 Å². The Morgan fingerprint density at radius 1 is 0.816 bits per heavy atom. The van der Waals surface area contributed by atoms with E-state index in [2.05, 4.69) is 5.32 Å². The molecule has 0 saturated carbocycles. The van der Waals surface area contributed by atoms with Crippen molar-refractivity contribution in [2.45, 2.75) is 30.4 Å². The monoisotopic (exact) mass is 687 g/mol. The average molecular weight is 688 g/mol. The molecule has 1 aliphatic heterocycles. The zero-order valence-corrected chi connectivity index (χ0v) is 28.4. The lowest BCUT2D eigenvalue weighted by Crippen LogP contribution is -2.51. The van der Waals surface area contributed by atoms with Crippen LogP contribution in [0.15, 0.2) is 108 Å². The summed E-state index contributed by atoms with van der Waals surface area (Å²) in [6, 6.07) is 29.3. The van der Waals surface area contributed by atoms with Gasteiger partial charge in [0.05, 0.1) is 32.3 Å². The van der Waals surface area contributed by atoms with E-state index in [0.717, 1.165) is 16.7 Å². The van der Waals surface area contributed by atoms with Gasteiger partial charge in [-0.2, -0.15) is 4.31 Å². The van der Waals surface area contributed by atoms with E-state index in [1.807, 2.05) is 66.7 Å². The van der Waals surface area contributed by atoms with Crippen LogP contribution < -0.4 is 19.5 Å². The van der Waals surface area contributed by atoms with Gasteiger partial charge in [0.1, 0.15) is 23.3 Å². The predicted molar refractivity (Wildman–Crippen MR) is 184 cm³/mol. The molecule has 1 saturated heterocycles. The number of carbonyl (C=O) groups is 2. The van der Waals surface area contributed by atoms with Gasteiger partial charge in [0, 0.05) is 38.2 Å². The Labute approximate surface area is 287 Å². The number of ether oxygens (including phenoxy) is 4. The van der Waals surface area contributed by atoms with E-state index in [0.29, 0.717) is 30.5 Å². The molecule has 4 aromatic carbocycles. The van der Waals surface area contributed by atoms with Gasteiger partial charge in [-0.15, -0.1) is 0 Å². The van der Waals surface area contributed by atoms with Crippen molar-refractivity contribution in [2.24, 2.45) is 0 Å². The van der Waals surface area contributed by atoms with Gasteiger partial charge in [-0.05, 0) is 53.6 Å². The molecule has 1 aliphatic rings. The molecule has 1 N–H and O–H groups in total. The fourth-order valence-electron chi connectivity index (χ4n) is 5.50. The van der Waals surface area contributed by atoms with Crippen LogP contribution in [0.3, 0.4) is 0 Å². The second-order valence-corrected chi connectivity index (χ2v) is 13.3. The van der Waals surface area contributed by atoms with Gasteiger partial charge in [-0.3, -0.25) is 9.59 Å². The van der Waals surface area contributed by atoms with Crippen LogP contribution in [0.25, 0.3) is 0 Å². The number of hydrogen-bond donors (Lipinski definition) is 1. The van der Waals surface area contributed by atoms with Crippen molar-refractivity contribution in [2.75, 3.05) is 47.1 Å². The molecule has 0 radical (unpaired) electrons. The zero-order chi connectivity index (χ0) is 34.6. The molecule has 0 unspecified atom stereocenters. The van der Waals surface area contributed by atoms with E-state index < -0.39 is 22.0 Å². The molecule has 0 aliphatic carbocycles. The molecule has 258 valence electrons. The number of rotatable bonds is 15. The first-order valence-corrected chi connectivity index (χ1v) is 17.4. The van der Waals surface area contributed by atoms with Gasteiger partial charge < -0.3 is 29.2 Å². The second kappa shape index (κ2) is 17.0. The lowest BCUT2D eigenvalue weighted by atomic mass is 10.0. The van der Waals surface area contributed by atoms with Crippen molar-refractivity contribution < 1.29 is 37.0 Å². The van der Waals surface area contributed by atoms with E-state index in [-0.39, 0.29) is 50.0 Å². The van der Waals surface area contributed by atoms with Gasteiger partial charge in [0.2, 0.25) is 15.9 Å². The van der Waals surface area contributed by atoms with E-state index in [1.165, 1.54) is 33.5 Å². The maximum absolute atomic E-state index is 14.0. The summed E-state index contributed by atoms with van der Waals surface area (Å²) in [4.78, 5) is 29.7. The average Bonchev–Trinajstić information content (AvgIpc) is 3.15. The Morgan fingerprint density at radius 3 is 2.14 bits per heavy atom. The number of amides is 2. The molecule has 1 heterocycles. The Kier molecular flexibility index (Phi) is 12.3. The van der Waals surface area contributed by atoms with Crippen molar-refractivity contribution in [3.05, 3.63) is 120 Å². The number of sulfonamides is 1. The Balaban J connectivity index is 1.38. The largest absolute Gasteiger partial charge is 0.497 e. The number of nitrogens with one attached hydrogen (secondary N) is 1. The van der Waals surface area contributed by atoms with Crippen LogP contribution in [0.2, 0.25) is 0 Å². The standard InChI is InChI=1S/C37H41N3O8S/c1-45-31-14-12-29(13-15-31)26-40(36(41)27-48-32-16-18-33(19-17-32)49(43,44)39-20-22-47-23-21-39)34(24-28-8-4-3-5-9-28)37(42)38-25-30-10-6-7-11-35(30)46-2/h3-19,34H,20-27H2,1-2H3,(H,38,42)/t34-/m0/s1. The molecule has 1 atom stereocenters. The maximum Gasteiger partial charge on any atom is 0.261 e. The van der Waals surface area contributed by atoms with E-state index >= 15 is 0 Å². The summed E-state index contributed by atoms with van der Waals surface area (Å²) in [7, 11) is -0.530. The van der Waals surface area contributed by atoms with Crippen LogP contribution in [0, 0.1) is 0 Å². The van der Waals surface area contributed by atoms with Crippen molar-refractivity contribution in [1.82, 2.24) is 14.5 Å². The summed E-state index contributed by atoms with van der Waals surface area (Å²) < 4.78 is 49.4. The maximum atomic E-state index is 14.0. The number of carbonyl (C=O) groups excluding carboxylic acids is 2. The van der Waals surface area contributed by atoms with Crippen LogP contribution in [0.4, 0.5) is 0 Å². The normalized spacial score (nSPS) is 14.0. The molecule has 0 spiro atoms. The first-order chi connectivity index (χ1) is 23.8. The minimum absolute atomic E-state index is 0.127. The smallest absolute Gasteiger partial charge is 0.261 e.